The first-order chi connectivity index (χ1) is 10.7. The summed E-state index contributed by atoms with van der Waals surface area (Å²) in [7, 11) is 3.31. The van der Waals surface area contributed by atoms with E-state index in [2.05, 4.69) is 4.98 Å². The summed E-state index contributed by atoms with van der Waals surface area (Å²) >= 11 is 1.41. The SMILES string of the molecule is COc1ccc(-c2csc(N(C)C(=O)c3ccco3)n2)cc1. The van der Waals surface area contributed by atoms with Crippen LogP contribution in [-0.2, 0) is 0 Å². The van der Waals surface area contributed by atoms with E-state index in [4.69, 9.17) is 9.15 Å². The fourth-order valence-electron chi connectivity index (χ4n) is 1.97. The van der Waals surface area contributed by atoms with Crippen molar-refractivity contribution in [3.05, 3.63) is 53.8 Å². The van der Waals surface area contributed by atoms with Crippen molar-refractivity contribution in [2.24, 2.45) is 0 Å². The number of aromatic nitrogens is 1. The molecule has 0 unspecified atom stereocenters. The Labute approximate surface area is 131 Å². The number of anilines is 1. The predicted molar refractivity (Wildman–Crippen MR) is 85.5 cm³/mol. The van der Waals surface area contributed by atoms with Crippen molar-refractivity contribution in [3.63, 3.8) is 0 Å². The zero-order valence-electron chi connectivity index (χ0n) is 12.1. The second kappa shape index (κ2) is 6.03. The van der Waals surface area contributed by atoms with Gasteiger partial charge >= 0.3 is 0 Å². The molecule has 0 radical (unpaired) electrons. The summed E-state index contributed by atoms with van der Waals surface area (Å²) in [5, 5.41) is 2.54. The van der Waals surface area contributed by atoms with Crippen molar-refractivity contribution >= 4 is 22.4 Å². The number of amides is 1. The third kappa shape index (κ3) is 2.73. The molecule has 0 saturated heterocycles. The van der Waals surface area contributed by atoms with Gasteiger partial charge in [-0.15, -0.1) is 11.3 Å². The number of rotatable bonds is 4. The normalized spacial score (nSPS) is 10.5. The van der Waals surface area contributed by atoms with E-state index in [1.165, 1.54) is 22.5 Å². The van der Waals surface area contributed by atoms with Gasteiger partial charge in [-0.05, 0) is 36.4 Å². The molecule has 2 heterocycles. The van der Waals surface area contributed by atoms with Crippen LogP contribution in [0.3, 0.4) is 0 Å². The van der Waals surface area contributed by atoms with E-state index in [0.29, 0.717) is 10.9 Å². The smallest absolute Gasteiger partial charge is 0.295 e. The molecule has 0 N–H and O–H groups in total. The Kier molecular flexibility index (Phi) is 3.93. The van der Waals surface area contributed by atoms with Crippen LogP contribution in [0.5, 0.6) is 5.75 Å². The molecule has 1 aromatic carbocycles. The summed E-state index contributed by atoms with van der Waals surface area (Å²) in [6, 6.07) is 11.0. The average molecular weight is 314 g/mol. The minimum absolute atomic E-state index is 0.222. The summed E-state index contributed by atoms with van der Waals surface area (Å²) in [5.74, 6) is 0.869. The first-order valence-electron chi connectivity index (χ1n) is 6.60. The molecule has 1 amide bonds. The van der Waals surface area contributed by atoms with Crippen LogP contribution >= 0.6 is 11.3 Å². The molecule has 0 aliphatic heterocycles. The van der Waals surface area contributed by atoms with Crippen LogP contribution in [0.15, 0.2) is 52.5 Å². The van der Waals surface area contributed by atoms with Crippen LogP contribution in [0.25, 0.3) is 11.3 Å². The lowest BCUT2D eigenvalue weighted by molar-refractivity contribution is 0.0966. The summed E-state index contributed by atoms with van der Waals surface area (Å²) in [6.07, 6.45) is 1.48. The molecule has 0 fully saturated rings. The predicted octanol–water partition coefficient (Wildman–Crippen LogP) is 3.69. The van der Waals surface area contributed by atoms with Crippen molar-refractivity contribution < 1.29 is 13.9 Å². The van der Waals surface area contributed by atoms with Gasteiger partial charge in [0, 0.05) is 18.0 Å². The fraction of sp³-hybridized carbons (Fsp3) is 0.125. The van der Waals surface area contributed by atoms with Gasteiger partial charge in [-0.1, -0.05) is 0 Å². The summed E-state index contributed by atoms with van der Waals surface area (Å²) in [5.41, 5.74) is 1.80. The molecule has 0 bridgehead atoms. The Bertz CT molecular complexity index is 763. The molecule has 6 heteroatoms. The van der Waals surface area contributed by atoms with Gasteiger partial charge in [-0.2, -0.15) is 0 Å². The van der Waals surface area contributed by atoms with E-state index in [-0.39, 0.29) is 5.91 Å². The van der Waals surface area contributed by atoms with Crippen LogP contribution in [0, 0.1) is 0 Å². The molecule has 0 aliphatic carbocycles. The van der Waals surface area contributed by atoms with Gasteiger partial charge in [0.2, 0.25) is 0 Å². The number of hydrogen-bond acceptors (Lipinski definition) is 5. The highest BCUT2D eigenvalue weighted by atomic mass is 32.1. The topological polar surface area (TPSA) is 55.6 Å². The molecule has 0 spiro atoms. The highest BCUT2D eigenvalue weighted by Crippen LogP contribution is 2.28. The minimum Gasteiger partial charge on any atom is -0.497 e. The lowest BCUT2D eigenvalue weighted by Crippen LogP contribution is -2.25. The second-order valence-corrected chi connectivity index (χ2v) is 5.42. The van der Waals surface area contributed by atoms with Gasteiger partial charge in [0.25, 0.3) is 5.91 Å². The van der Waals surface area contributed by atoms with E-state index in [9.17, 15) is 4.79 Å². The zero-order chi connectivity index (χ0) is 15.5. The van der Waals surface area contributed by atoms with Gasteiger partial charge in [-0.25, -0.2) is 4.98 Å². The Balaban J connectivity index is 1.82. The Morgan fingerprint density at radius 2 is 2.05 bits per heavy atom. The summed E-state index contributed by atoms with van der Waals surface area (Å²) in [6.45, 7) is 0. The minimum atomic E-state index is -0.222. The van der Waals surface area contributed by atoms with Gasteiger partial charge in [0.05, 0.1) is 19.1 Å². The molecule has 22 heavy (non-hydrogen) atoms. The number of ether oxygens (including phenoxy) is 1. The van der Waals surface area contributed by atoms with Crippen molar-refractivity contribution in [3.8, 4) is 17.0 Å². The Morgan fingerprint density at radius 1 is 1.27 bits per heavy atom. The lowest BCUT2D eigenvalue weighted by Gasteiger charge is -2.11. The molecule has 2 aromatic heterocycles. The molecule has 5 nitrogen and oxygen atoms in total. The molecule has 3 rings (SSSR count). The quantitative estimate of drug-likeness (QED) is 0.737. The van der Waals surface area contributed by atoms with Crippen molar-refractivity contribution in [1.82, 2.24) is 4.98 Å². The van der Waals surface area contributed by atoms with Gasteiger partial charge < -0.3 is 9.15 Å². The van der Waals surface area contributed by atoms with E-state index in [0.717, 1.165) is 17.0 Å². The maximum absolute atomic E-state index is 12.2. The molecule has 0 aliphatic rings. The molecular formula is C16H14N2O3S. The van der Waals surface area contributed by atoms with Crippen LogP contribution < -0.4 is 9.64 Å². The molecule has 3 aromatic rings. The van der Waals surface area contributed by atoms with Crippen molar-refractivity contribution in [1.29, 1.82) is 0 Å². The third-order valence-electron chi connectivity index (χ3n) is 3.20. The first kappa shape index (κ1) is 14.3. The van der Waals surface area contributed by atoms with E-state index in [1.54, 1.807) is 26.3 Å². The number of carbonyl (C=O) groups excluding carboxylic acids is 1. The summed E-state index contributed by atoms with van der Waals surface area (Å²) in [4.78, 5) is 18.2. The highest BCUT2D eigenvalue weighted by molar-refractivity contribution is 7.14. The van der Waals surface area contributed by atoms with Crippen LogP contribution in [-0.4, -0.2) is 25.0 Å². The van der Waals surface area contributed by atoms with E-state index >= 15 is 0 Å². The fourth-order valence-corrected chi connectivity index (χ4v) is 2.76. The number of hydrogen-bond donors (Lipinski definition) is 0. The van der Waals surface area contributed by atoms with Gasteiger partial charge in [0.15, 0.2) is 10.9 Å². The van der Waals surface area contributed by atoms with Gasteiger partial charge in [0.1, 0.15) is 5.75 Å². The van der Waals surface area contributed by atoms with Crippen molar-refractivity contribution in [2.75, 3.05) is 19.1 Å². The molecular weight excluding hydrogens is 300 g/mol. The van der Waals surface area contributed by atoms with Gasteiger partial charge in [-0.3, -0.25) is 9.69 Å². The second-order valence-electron chi connectivity index (χ2n) is 4.59. The molecule has 112 valence electrons. The Hall–Kier alpha value is -2.60. The number of benzene rings is 1. The van der Waals surface area contributed by atoms with Crippen LogP contribution in [0.2, 0.25) is 0 Å². The number of furan rings is 1. The number of thiazole rings is 1. The molecule has 0 saturated carbocycles. The first-order valence-corrected chi connectivity index (χ1v) is 7.48. The standard InChI is InChI=1S/C16H14N2O3S/c1-18(15(19)14-4-3-9-21-14)16-17-13(10-22-16)11-5-7-12(20-2)8-6-11/h3-10H,1-2H3. The highest BCUT2D eigenvalue weighted by Gasteiger charge is 2.19. The number of nitrogens with zero attached hydrogens (tertiary/aromatic N) is 2. The monoisotopic (exact) mass is 314 g/mol. The number of methoxy groups -OCH3 is 1. The maximum atomic E-state index is 12.2. The maximum Gasteiger partial charge on any atom is 0.295 e. The van der Waals surface area contributed by atoms with Crippen molar-refractivity contribution in [2.45, 2.75) is 0 Å². The average Bonchev–Trinajstić information content (AvgIpc) is 3.25. The summed E-state index contributed by atoms with van der Waals surface area (Å²) < 4.78 is 10.3. The molecule has 0 atom stereocenters. The third-order valence-corrected chi connectivity index (χ3v) is 4.12. The number of carbonyl (C=O) groups is 1. The van der Waals surface area contributed by atoms with Crippen LogP contribution in [0.1, 0.15) is 10.6 Å². The lowest BCUT2D eigenvalue weighted by atomic mass is 10.2. The van der Waals surface area contributed by atoms with E-state index < -0.39 is 0 Å². The zero-order valence-corrected chi connectivity index (χ0v) is 13.0. The van der Waals surface area contributed by atoms with Crippen LogP contribution in [0.4, 0.5) is 5.13 Å². The largest absolute Gasteiger partial charge is 0.497 e. The van der Waals surface area contributed by atoms with E-state index in [1.807, 2.05) is 29.6 Å². The Morgan fingerprint density at radius 3 is 2.68 bits per heavy atom.